The molecule has 80 valence electrons. The van der Waals surface area contributed by atoms with Gasteiger partial charge in [0.05, 0.1) is 0 Å². The van der Waals surface area contributed by atoms with Crippen molar-refractivity contribution in [2.75, 3.05) is 0 Å². The molecule has 16 heavy (non-hydrogen) atoms. The number of nitrogens with zero attached hydrogens (tertiary/aromatic N) is 1. The summed E-state index contributed by atoms with van der Waals surface area (Å²) in [5.74, 6) is 0.866. The monoisotopic (exact) mass is 212 g/mol. The van der Waals surface area contributed by atoms with Crippen molar-refractivity contribution in [3.63, 3.8) is 0 Å². The number of carbonyl (C=O) groups excluding carboxylic acids is 1. The van der Waals surface area contributed by atoms with E-state index in [1.54, 1.807) is 0 Å². The van der Waals surface area contributed by atoms with Crippen molar-refractivity contribution < 1.29 is 4.79 Å². The molecule has 1 heterocycles. The fourth-order valence-electron chi connectivity index (χ4n) is 2.26. The second kappa shape index (κ2) is 3.30. The third-order valence-corrected chi connectivity index (χ3v) is 3.02. The highest BCUT2D eigenvalue weighted by molar-refractivity contribution is 6.09. The third kappa shape index (κ3) is 1.28. The van der Waals surface area contributed by atoms with Gasteiger partial charge in [0, 0.05) is 11.3 Å². The highest BCUT2D eigenvalue weighted by Crippen LogP contribution is 2.22. The van der Waals surface area contributed by atoms with E-state index in [1.165, 1.54) is 0 Å². The van der Waals surface area contributed by atoms with E-state index in [2.05, 4.69) is 9.97 Å². The van der Waals surface area contributed by atoms with Gasteiger partial charge in [-0.2, -0.15) is 0 Å². The SMILES string of the molecule is Cc1nc2c([nH]1)CCc1ccccc1C2=O. The predicted molar refractivity (Wildman–Crippen MR) is 60.6 cm³/mol. The number of aromatic nitrogens is 2. The number of fused-ring (bicyclic) bond motifs is 2. The van der Waals surface area contributed by atoms with Crippen molar-refractivity contribution >= 4 is 5.78 Å². The van der Waals surface area contributed by atoms with Gasteiger partial charge in [-0.1, -0.05) is 24.3 Å². The van der Waals surface area contributed by atoms with E-state index in [0.717, 1.165) is 35.5 Å². The first kappa shape index (κ1) is 9.33. The number of H-pyrrole nitrogens is 1. The molecule has 0 saturated carbocycles. The van der Waals surface area contributed by atoms with Gasteiger partial charge in [0.2, 0.25) is 5.78 Å². The fraction of sp³-hybridized carbons (Fsp3) is 0.231. The van der Waals surface area contributed by atoms with Crippen LogP contribution < -0.4 is 0 Å². The first-order chi connectivity index (χ1) is 7.75. The summed E-state index contributed by atoms with van der Waals surface area (Å²) in [5.41, 5.74) is 3.49. The summed E-state index contributed by atoms with van der Waals surface area (Å²) in [5, 5.41) is 0. The average molecular weight is 212 g/mol. The molecule has 1 aliphatic rings. The van der Waals surface area contributed by atoms with Crippen molar-refractivity contribution in [1.29, 1.82) is 0 Å². The summed E-state index contributed by atoms with van der Waals surface area (Å²) in [6.07, 6.45) is 1.76. The number of nitrogens with one attached hydrogen (secondary N) is 1. The number of carbonyl (C=O) groups is 1. The van der Waals surface area contributed by atoms with E-state index in [4.69, 9.17) is 0 Å². The van der Waals surface area contributed by atoms with Gasteiger partial charge < -0.3 is 4.98 Å². The van der Waals surface area contributed by atoms with E-state index in [-0.39, 0.29) is 5.78 Å². The molecule has 2 aromatic rings. The van der Waals surface area contributed by atoms with Crippen molar-refractivity contribution in [3.8, 4) is 0 Å². The molecule has 1 aromatic heterocycles. The van der Waals surface area contributed by atoms with Crippen molar-refractivity contribution in [1.82, 2.24) is 9.97 Å². The van der Waals surface area contributed by atoms with Crippen LogP contribution in [0.25, 0.3) is 0 Å². The van der Waals surface area contributed by atoms with Gasteiger partial charge >= 0.3 is 0 Å². The molecule has 1 N–H and O–H groups in total. The maximum atomic E-state index is 12.3. The van der Waals surface area contributed by atoms with Crippen LogP contribution in [0.2, 0.25) is 0 Å². The Hall–Kier alpha value is -1.90. The van der Waals surface area contributed by atoms with Gasteiger partial charge in [-0.05, 0) is 25.3 Å². The number of aromatic amines is 1. The van der Waals surface area contributed by atoms with Crippen LogP contribution in [0, 0.1) is 6.92 Å². The largest absolute Gasteiger partial charge is 0.345 e. The maximum Gasteiger partial charge on any atom is 0.213 e. The second-order valence-electron chi connectivity index (χ2n) is 4.14. The average Bonchev–Trinajstić information content (AvgIpc) is 2.62. The van der Waals surface area contributed by atoms with E-state index in [1.807, 2.05) is 31.2 Å². The summed E-state index contributed by atoms with van der Waals surface area (Å²) in [4.78, 5) is 19.7. The number of hydrogen-bond donors (Lipinski definition) is 1. The fourth-order valence-corrected chi connectivity index (χ4v) is 2.26. The zero-order chi connectivity index (χ0) is 11.1. The molecule has 0 aliphatic heterocycles. The maximum absolute atomic E-state index is 12.3. The quantitative estimate of drug-likeness (QED) is 0.726. The lowest BCUT2D eigenvalue weighted by Crippen LogP contribution is -2.04. The van der Waals surface area contributed by atoms with E-state index in [9.17, 15) is 4.79 Å². The lowest BCUT2D eigenvalue weighted by atomic mass is 10.0. The zero-order valence-corrected chi connectivity index (χ0v) is 9.08. The van der Waals surface area contributed by atoms with E-state index >= 15 is 0 Å². The van der Waals surface area contributed by atoms with Crippen molar-refractivity contribution in [3.05, 3.63) is 52.6 Å². The molecule has 0 saturated heterocycles. The Morgan fingerprint density at radius 2 is 2.06 bits per heavy atom. The standard InChI is InChI=1S/C13H12N2O/c1-8-14-11-7-6-9-4-2-3-5-10(9)13(16)12(11)15-8/h2-5H,6-7H2,1H3,(H,14,15). The number of rotatable bonds is 0. The highest BCUT2D eigenvalue weighted by Gasteiger charge is 2.23. The molecule has 0 radical (unpaired) electrons. The molecule has 3 rings (SSSR count). The molecular weight excluding hydrogens is 200 g/mol. The van der Waals surface area contributed by atoms with Crippen LogP contribution in [0.15, 0.2) is 24.3 Å². The van der Waals surface area contributed by atoms with E-state index < -0.39 is 0 Å². The number of ketones is 1. The second-order valence-corrected chi connectivity index (χ2v) is 4.14. The Morgan fingerprint density at radius 1 is 1.25 bits per heavy atom. The van der Waals surface area contributed by atoms with E-state index in [0.29, 0.717) is 5.69 Å². The molecule has 1 aromatic carbocycles. The van der Waals surface area contributed by atoms with Gasteiger partial charge in [-0.3, -0.25) is 4.79 Å². The minimum absolute atomic E-state index is 0.0486. The zero-order valence-electron chi connectivity index (χ0n) is 9.08. The Kier molecular flexibility index (Phi) is 1.93. The van der Waals surface area contributed by atoms with Gasteiger partial charge in [-0.25, -0.2) is 4.98 Å². The third-order valence-electron chi connectivity index (χ3n) is 3.02. The number of aryl methyl sites for hydroxylation is 3. The first-order valence-electron chi connectivity index (χ1n) is 5.44. The number of hydrogen-bond acceptors (Lipinski definition) is 2. The molecule has 0 atom stereocenters. The Labute approximate surface area is 93.5 Å². The molecule has 0 spiro atoms. The molecule has 3 heteroatoms. The highest BCUT2D eigenvalue weighted by atomic mass is 16.1. The van der Waals surface area contributed by atoms with Crippen molar-refractivity contribution in [2.24, 2.45) is 0 Å². The molecule has 1 aliphatic carbocycles. The van der Waals surface area contributed by atoms with Crippen molar-refractivity contribution in [2.45, 2.75) is 19.8 Å². The van der Waals surface area contributed by atoms with Crippen LogP contribution in [0.4, 0.5) is 0 Å². The predicted octanol–water partition coefficient (Wildman–Crippen LogP) is 2.05. The number of imidazole rings is 1. The molecule has 0 bridgehead atoms. The summed E-state index contributed by atoms with van der Waals surface area (Å²) in [6.45, 7) is 1.88. The normalized spacial score (nSPS) is 14.2. The molecule has 0 unspecified atom stereocenters. The molecule has 0 fully saturated rings. The smallest absolute Gasteiger partial charge is 0.213 e. The van der Waals surface area contributed by atoms with Gasteiger partial charge in [-0.15, -0.1) is 0 Å². The van der Waals surface area contributed by atoms with Crippen LogP contribution in [0.5, 0.6) is 0 Å². The summed E-state index contributed by atoms with van der Waals surface area (Å²) < 4.78 is 0. The minimum atomic E-state index is 0.0486. The van der Waals surface area contributed by atoms with Crippen LogP contribution in [-0.4, -0.2) is 15.8 Å². The first-order valence-corrected chi connectivity index (χ1v) is 5.44. The minimum Gasteiger partial charge on any atom is -0.345 e. The topological polar surface area (TPSA) is 45.8 Å². The van der Waals surface area contributed by atoms with Gasteiger partial charge in [0.25, 0.3) is 0 Å². The van der Waals surface area contributed by atoms with Crippen LogP contribution in [0.1, 0.15) is 33.1 Å². The summed E-state index contributed by atoms with van der Waals surface area (Å²) in [7, 11) is 0. The Balaban J connectivity index is 2.21. The number of benzene rings is 1. The Bertz CT molecular complexity index is 569. The van der Waals surface area contributed by atoms with Gasteiger partial charge in [0.1, 0.15) is 11.5 Å². The van der Waals surface area contributed by atoms with Gasteiger partial charge in [0.15, 0.2) is 0 Å². The molecular formula is C13H12N2O. The van der Waals surface area contributed by atoms with Crippen LogP contribution in [0.3, 0.4) is 0 Å². The Morgan fingerprint density at radius 3 is 2.94 bits per heavy atom. The summed E-state index contributed by atoms with van der Waals surface area (Å²) in [6, 6.07) is 7.79. The molecule has 3 nitrogen and oxygen atoms in total. The summed E-state index contributed by atoms with van der Waals surface area (Å²) >= 11 is 0. The van der Waals surface area contributed by atoms with Crippen LogP contribution >= 0.6 is 0 Å². The lowest BCUT2D eigenvalue weighted by Gasteiger charge is -2.02. The lowest BCUT2D eigenvalue weighted by molar-refractivity contribution is 0.103. The van der Waals surface area contributed by atoms with Crippen LogP contribution in [-0.2, 0) is 12.8 Å². The molecule has 0 amide bonds.